The molecule has 2 saturated heterocycles. The molecule has 0 atom stereocenters. The van der Waals surface area contributed by atoms with Gasteiger partial charge in [-0.05, 0) is 54.2 Å². The van der Waals surface area contributed by atoms with E-state index in [1.807, 2.05) is 4.90 Å². The van der Waals surface area contributed by atoms with Crippen LogP contribution in [0.2, 0.25) is 0 Å². The minimum Gasteiger partial charge on any atom is -0.340 e. The third kappa shape index (κ3) is 5.80. The topological polar surface area (TPSA) is 43.9 Å². The highest BCUT2D eigenvalue weighted by Gasteiger charge is 2.32. The van der Waals surface area contributed by atoms with Crippen LogP contribution in [0.1, 0.15) is 54.1 Å². The van der Waals surface area contributed by atoms with Gasteiger partial charge in [-0.1, -0.05) is 38.1 Å². The van der Waals surface area contributed by atoms with Gasteiger partial charge in [0.15, 0.2) is 0 Å². The Morgan fingerprint density at radius 2 is 1.45 bits per heavy atom. The minimum absolute atomic E-state index is 0.0163. The highest BCUT2D eigenvalue weighted by Crippen LogP contribution is 2.23. The molecule has 0 aromatic heterocycles. The quantitative estimate of drug-likeness (QED) is 0.686. The Morgan fingerprint density at radius 3 is 2.03 bits per heavy atom. The molecule has 0 N–H and O–H groups in total. The van der Waals surface area contributed by atoms with Gasteiger partial charge in [-0.15, -0.1) is 0 Å². The molecule has 0 aliphatic carbocycles. The van der Waals surface area contributed by atoms with Crippen LogP contribution in [0.4, 0.5) is 4.39 Å². The number of hydrogen-bond acceptors (Lipinski definition) is 3. The highest BCUT2D eigenvalue weighted by molar-refractivity contribution is 5.94. The number of hydrogen-bond donors (Lipinski definition) is 0. The van der Waals surface area contributed by atoms with E-state index in [1.165, 1.54) is 35.4 Å². The number of likely N-dealkylation sites (tertiary alicyclic amines) is 1. The van der Waals surface area contributed by atoms with Crippen molar-refractivity contribution in [1.82, 2.24) is 14.7 Å². The third-order valence-corrected chi connectivity index (χ3v) is 6.96. The van der Waals surface area contributed by atoms with E-state index in [4.69, 9.17) is 0 Å². The van der Waals surface area contributed by atoms with Crippen LogP contribution in [-0.4, -0.2) is 65.8 Å². The van der Waals surface area contributed by atoms with Gasteiger partial charge in [0, 0.05) is 57.3 Å². The summed E-state index contributed by atoms with van der Waals surface area (Å²) in [6.07, 6.45) is 1.38. The molecule has 2 amide bonds. The van der Waals surface area contributed by atoms with Gasteiger partial charge in [-0.2, -0.15) is 0 Å². The van der Waals surface area contributed by atoms with Crippen LogP contribution < -0.4 is 0 Å². The van der Waals surface area contributed by atoms with E-state index in [-0.39, 0.29) is 23.5 Å². The molecule has 4 rings (SSSR count). The summed E-state index contributed by atoms with van der Waals surface area (Å²) in [5.74, 6) is 0.319. The van der Waals surface area contributed by atoms with Gasteiger partial charge in [0.2, 0.25) is 5.91 Å². The van der Waals surface area contributed by atoms with Gasteiger partial charge in [0.05, 0.1) is 0 Å². The molecule has 2 aromatic carbocycles. The second-order valence-corrected chi connectivity index (χ2v) is 9.57. The number of rotatable bonds is 5. The summed E-state index contributed by atoms with van der Waals surface area (Å²) in [5.41, 5.74) is 3.17. The third-order valence-electron chi connectivity index (χ3n) is 6.96. The molecule has 0 saturated carbocycles. The molecule has 2 fully saturated rings. The summed E-state index contributed by atoms with van der Waals surface area (Å²) in [4.78, 5) is 31.9. The molecule has 2 aromatic rings. The van der Waals surface area contributed by atoms with Crippen LogP contribution in [0.5, 0.6) is 0 Å². The predicted octanol–water partition coefficient (Wildman–Crippen LogP) is 4.15. The van der Waals surface area contributed by atoms with E-state index in [0.717, 1.165) is 32.7 Å². The zero-order valence-electron chi connectivity index (χ0n) is 19.7. The maximum absolute atomic E-state index is 13.1. The van der Waals surface area contributed by atoms with Gasteiger partial charge in [0.25, 0.3) is 5.91 Å². The Hall–Kier alpha value is -2.73. The Morgan fingerprint density at radius 1 is 0.848 bits per heavy atom. The summed E-state index contributed by atoms with van der Waals surface area (Å²) < 4.78 is 13.1. The fraction of sp³-hybridized carbons (Fsp3) is 0.481. The second kappa shape index (κ2) is 10.5. The number of piperazine rings is 1. The van der Waals surface area contributed by atoms with Crippen LogP contribution in [0.25, 0.3) is 0 Å². The molecule has 0 radical (unpaired) electrons. The SMILES string of the molecule is CC(C)c1ccc(CN2CCN(C(=O)C3CCN(C(=O)c4ccc(F)cc4)CC3)CC2)cc1. The van der Waals surface area contributed by atoms with Gasteiger partial charge in [-0.25, -0.2) is 4.39 Å². The number of nitrogens with zero attached hydrogens (tertiary/aromatic N) is 3. The van der Waals surface area contributed by atoms with Crippen LogP contribution in [0.3, 0.4) is 0 Å². The van der Waals surface area contributed by atoms with Crippen LogP contribution >= 0.6 is 0 Å². The van der Waals surface area contributed by atoms with Gasteiger partial charge >= 0.3 is 0 Å². The van der Waals surface area contributed by atoms with E-state index in [1.54, 1.807) is 4.90 Å². The number of piperidine rings is 1. The van der Waals surface area contributed by atoms with Crippen molar-refractivity contribution < 1.29 is 14.0 Å². The molecule has 6 heteroatoms. The van der Waals surface area contributed by atoms with Crippen molar-refractivity contribution in [3.8, 4) is 0 Å². The maximum Gasteiger partial charge on any atom is 0.253 e. The molecule has 5 nitrogen and oxygen atoms in total. The van der Waals surface area contributed by atoms with Crippen molar-refractivity contribution >= 4 is 11.8 Å². The van der Waals surface area contributed by atoms with Gasteiger partial charge < -0.3 is 9.80 Å². The number of amides is 2. The Labute approximate surface area is 196 Å². The first-order valence-corrected chi connectivity index (χ1v) is 12.1. The van der Waals surface area contributed by atoms with Crippen molar-refractivity contribution in [3.63, 3.8) is 0 Å². The van der Waals surface area contributed by atoms with Crippen LogP contribution in [0.15, 0.2) is 48.5 Å². The summed E-state index contributed by atoms with van der Waals surface area (Å²) in [6.45, 7) is 9.77. The molecule has 33 heavy (non-hydrogen) atoms. The minimum atomic E-state index is -0.347. The molecule has 176 valence electrons. The fourth-order valence-electron chi connectivity index (χ4n) is 4.76. The molecule has 2 aliphatic rings. The first-order valence-electron chi connectivity index (χ1n) is 12.1. The first-order chi connectivity index (χ1) is 15.9. The summed E-state index contributed by atoms with van der Waals surface area (Å²) in [5, 5.41) is 0. The van der Waals surface area contributed by atoms with E-state index in [9.17, 15) is 14.0 Å². The standard InChI is InChI=1S/C27H34FN3O2/c1-20(2)22-5-3-21(4-6-22)19-29-15-17-31(18-16-29)27(33)24-11-13-30(14-12-24)26(32)23-7-9-25(28)10-8-23/h3-10,20,24H,11-19H2,1-2H3. The van der Waals surface area contributed by atoms with Crippen molar-refractivity contribution in [2.75, 3.05) is 39.3 Å². The smallest absolute Gasteiger partial charge is 0.253 e. The van der Waals surface area contributed by atoms with E-state index in [2.05, 4.69) is 43.0 Å². The van der Waals surface area contributed by atoms with Crippen LogP contribution in [-0.2, 0) is 11.3 Å². The summed E-state index contributed by atoms with van der Waals surface area (Å²) >= 11 is 0. The molecular weight excluding hydrogens is 417 g/mol. The van der Waals surface area contributed by atoms with Crippen molar-refractivity contribution in [3.05, 3.63) is 71.0 Å². The molecule has 0 bridgehead atoms. The average molecular weight is 452 g/mol. The van der Waals surface area contributed by atoms with E-state index >= 15 is 0 Å². The number of carbonyl (C=O) groups excluding carboxylic acids is 2. The van der Waals surface area contributed by atoms with E-state index < -0.39 is 0 Å². The highest BCUT2D eigenvalue weighted by atomic mass is 19.1. The van der Waals surface area contributed by atoms with Gasteiger partial charge in [-0.3, -0.25) is 14.5 Å². The predicted molar refractivity (Wildman–Crippen MR) is 127 cm³/mol. The summed E-state index contributed by atoms with van der Waals surface area (Å²) in [7, 11) is 0. The molecular formula is C27H34FN3O2. The molecule has 0 unspecified atom stereocenters. The lowest BCUT2D eigenvalue weighted by molar-refractivity contribution is -0.138. The van der Waals surface area contributed by atoms with Gasteiger partial charge in [0.1, 0.15) is 5.82 Å². The lowest BCUT2D eigenvalue weighted by Gasteiger charge is -2.38. The zero-order chi connectivity index (χ0) is 23.4. The Bertz CT molecular complexity index is 942. The number of halogens is 1. The molecule has 2 aliphatic heterocycles. The number of benzene rings is 2. The lowest BCUT2D eigenvalue weighted by Crippen LogP contribution is -2.51. The normalized spacial score (nSPS) is 18.1. The van der Waals surface area contributed by atoms with Crippen molar-refractivity contribution in [2.24, 2.45) is 5.92 Å². The van der Waals surface area contributed by atoms with Crippen molar-refractivity contribution in [2.45, 2.75) is 39.2 Å². The van der Waals surface area contributed by atoms with Crippen LogP contribution in [0, 0.1) is 11.7 Å². The average Bonchev–Trinajstić information content (AvgIpc) is 2.84. The molecule has 2 heterocycles. The largest absolute Gasteiger partial charge is 0.340 e. The van der Waals surface area contributed by atoms with E-state index in [0.29, 0.717) is 37.4 Å². The zero-order valence-corrected chi connectivity index (χ0v) is 19.7. The second-order valence-electron chi connectivity index (χ2n) is 9.57. The van der Waals surface area contributed by atoms with Crippen molar-refractivity contribution in [1.29, 1.82) is 0 Å². The monoisotopic (exact) mass is 451 g/mol. The Kier molecular flexibility index (Phi) is 7.43. The first kappa shape index (κ1) is 23.4. The number of carbonyl (C=O) groups is 2. The molecule has 0 spiro atoms. The maximum atomic E-state index is 13.1. The lowest BCUT2D eigenvalue weighted by atomic mass is 9.94. The Balaban J connectivity index is 1.22. The fourth-order valence-corrected chi connectivity index (χ4v) is 4.76. The summed E-state index contributed by atoms with van der Waals surface area (Å²) in [6, 6.07) is 14.5.